The van der Waals surface area contributed by atoms with E-state index in [4.69, 9.17) is 0 Å². The molecule has 2 rings (SSSR count). The van der Waals surface area contributed by atoms with E-state index in [0.29, 0.717) is 18.4 Å². The molecule has 0 unspecified atom stereocenters. The van der Waals surface area contributed by atoms with Crippen LogP contribution in [-0.2, 0) is 0 Å². The summed E-state index contributed by atoms with van der Waals surface area (Å²) in [6, 6.07) is 0. The Kier molecular flexibility index (Phi) is 8.38. The minimum absolute atomic E-state index is 0.0775. The van der Waals surface area contributed by atoms with Crippen molar-refractivity contribution in [3.8, 4) is 11.8 Å². The molecule has 0 bridgehead atoms. The SMILES string of the molecule is C=C1C(=C/C=C/[C@@H]2CC[C@](C)([C@@H](C)CC#CC(O)(C(F)(F)F)C(F)(F)F)C2(C)C)C[C@@H](O)C[C@@H]1O. The van der Waals surface area contributed by atoms with E-state index >= 15 is 0 Å². The molecule has 5 atom stereocenters. The number of alkyl halides is 6. The molecule has 0 aromatic carbocycles. The van der Waals surface area contributed by atoms with Crippen LogP contribution >= 0.6 is 0 Å². The van der Waals surface area contributed by atoms with Gasteiger partial charge in [0, 0.05) is 12.8 Å². The van der Waals surface area contributed by atoms with Gasteiger partial charge in [-0.15, -0.1) is 0 Å². The van der Waals surface area contributed by atoms with Crippen LogP contribution in [0.1, 0.15) is 59.8 Å². The molecule has 0 spiro atoms. The number of hydrogen-bond acceptors (Lipinski definition) is 3. The van der Waals surface area contributed by atoms with Crippen molar-refractivity contribution < 1.29 is 41.7 Å². The van der Waals surface area contributed by atoms with Gasteiger partial charge in [-0.3, -0.25) is 0 Å². The molecule has 0 aromatic heterocycles. The first-order valence-electron chi connectivity index (χ1n) is 11.6. The van der Waals surface area contributed by atoms with Crippen LogP contribution < -0.4 is 0 Å². The Labute approximate surface area is 202 Å². The summed E-state index contributed by atoms with van der Waals surface area (Å²) in [5.41, 5.74) is -4.51. The third-order valence-electron chi connectivity index (χ3n) is 8.37. The van der Waals surface area contributed by atoms with E-state index in [0.717, 1.165) is 17.9 Å². The normalized spacial score (nSPS) is 32.1. The lowest BCUT2D eigenvalue weighted by Gasteiger charge is -2.45. The zero-order chi connectivity index (χ0) is 27.0. The van der Waals surface area contributed by atoms with E-state index in [9.17, 15) is 41.7 Å². The highest BCUT2D eigenvalue weighted by molar-refractivity contribution is 5.37. The molecular weight excluding hydrogens is 474 g/mol. The molecule has 9 heteroatoms. The minimum Gasteiger partial charge on any atom is -0.393 e. The fraction of sp³-hybridized carbons (Fsp3) is 0.692. The van der Waals surface area contributed by atoms with Gasteiger partial charge in [0.15, 0.2) is 0 Å². The second-order valence-corrected chi connectivity index (χ2v) is 10.6. The van der Waals surface area contributed by atoms with Gasteiger partial charge < -0.3 is 15.3 Å². The standard InChI is InChI=1S/C26H34F6O3/c1-16(8-7-12-24(35,25(27,28)29)26(30,31)32)23(5)13-11-19(22(23,3)4)10-6-9-18-14-20(33)15-21(34)17(18)2/h6,9-10,16,19-21,33-35H,2,8,11,13-15H2,1,3-5H3/b10-6+,18-9?/t16-,19+,20+,21-,23+/m0/s1. The van der Waals surface area contributed by atoms with Crippen LogP contribution in [0, 0.1) is 34.5 Å². The maximum atomic E-state index is 12.9. The van der Waals surface area contributed by atoms with Gasteiger partial charge in [0.25, 0.3) is 0 Å². The second-order valence-electron chi connectivity index (χ2n) is 10.6. The molecular formula is C26H34F6O3. The Morgan fingerprint density at radius 2 is 1.69 bits per heavy atom. The van der Waals surface area contributed by atoms with Crippen molar-refractivity contribution in [2.24, 2.45) is 22.7 Å². The topological polar surface area (TPSA) is 60.7 Å². The van der Waals surface area contributed by atoms with Crippen LogP contribution in [0.4, 0.5) is 26.3 Å². The third-order valence-corrected chi connectivity index (χ3v) is 8.37. The lowest BCUT2D eigenvalue weighted by atomic mass is 9.59. The van der Waals surface area contributed by atoms with Gasteiger partial charge in [-0.2, -0.15) is 26.3 Å². The van der Waals surface area contributed by atoms with Crippen molar-refractivity contribution in [2.45, 2.75) is 90.0 Å². The summed E-state index contributed by atoms with van der Waals surface area (Å²) in [4.78, 5) is 0. The maximum absolute atomic E-state index is 12.9. The smallest absolute Gasteiger partial charge is 0.393 e. The summed E-state index contributed by atoms with van der Waals surface area (Å²) >= 11 is 0. The van der Waals surface area contributed by atoms with Crippen molar-refractivity contribution >= 4 is 0 Å². The van der Waals surface area contributed by atoms with Crippen LogP contribution in [0.15, 0.2) is 36.0 Å². The number of hydrogen-bond donors (Lipinski definition) is 3. The molecule has 3 nitrogen and oxygen atoms in total. The molecule has 198 valence electrons. The number of aliphatic hydroxyl groups excluding tert-OH is 2. The van der Waals surface area contributed by atoms with Crippen molar-refractivity contribution in [3.63, 3.8) is 0 Å². The average molecular weight is 509 g/mol. The van der Waals surface area contributed by atoms with Crippen LogP contribution in [0.3, 0.4) is 0 Å². The third kappa shape index (κ3) is 5.65. The summed E-state index contributed by atoms with van der Waals surface area (Å²) in [6.45, 7) is 11.6. The fourth-order valence-corrected chi connectivity index (χ4v) is 5.20. The summed E-state index contributed by atoms with van der Waals surface area (Å²) in [5, 5.41) is 29.1. The van der Waals surface area contributed by atoms with E-state index in [1.54, 1.807) is 6.92 Å². The molecule has 0 radical (unpaired) electrons. The van der Waals surface area contributed by atoms with Crippen molar-refractivity contribution in [1.82, 2.24) is 0 Å². The Hall–Kier alpha value is -1.76. The summed E-state index contributed by atoms with van der Waals surface area (Å²) in [5.74, 6) is 2.76. The molecule has 3 N–H and O–H groups in total. The molecule has 2 saturated carbocycles. The van der Waals surface area contributed by atoms with Gasteiger partial charge in [-0.25, -0.2) is 0 Å². The first kappa shape index (κ1) is 29.5. The van der Waals surface area contributed by atoms with E-state index in [-0.39, 0.29) is 30.1 Å². The van der Waals surface area contributed by atoms with Gasteiger partial charge >= 0.3 is 18.0 Å². The largest absolute Gasteiger partial charge is 0.438 e. The summed E-state index contributed by atoms with van der Waals surface area (Å²) < 4.78 is 77.3. The highest BCUT2D eigenvalue weighted by atomic mass is 19.4. The highest BCUT2D eigenvalue weighted by Gasteiger charge is 2.70. The van der Waals surface area contributed by atoms with E-state index in [1.165, 1.54) is 0 Å². The Bertz CT molecular complexity index is 904. The lowest BCUT2D eigenvalue weighted by molar-refractivity contribution is -0.343. The van der Waals surface area contributed by atoms with Gasteiger partial charge in [-0.1, -0.05) is 58.4 Å². The Morgan fingerprint density at radius 3 is 2.23 bits per heavy atom. The predicted molar refractivity (Wildman–Crippen MR) is 121 cm³/mol. The lowest BCUT2D eigenvalue weighted by Crippen LogP contribution is -2.55. The molecule has 2 aliphatic carbocycles. The van der Waals surface area contributed by atoms with Gasteiger partial charge in [0.05, 0.1) is 12.2 Å². The fourth-order valence-electron chi connectivity index (χ4n) is 5.20. The van der Waals surface area contributed by atoms with E-state index < -0.39 is 35.6 Å². The van der Waals surface area contributed by atoms with Crippen LogP contribution in [-0.4, -0.2) is 45.5 Å². The number of aliphatic hydroxyl groups is 3. The zero-order valence-electron chi connectivity index (χ0n) is 20.4. The predicted octanol–water partition coefficient (Wildman–Crippen LogP) is 5.87. The highest BCUT2D eigenvalue weighted by Crippen LogP contribution is 2.60. The van der Waals surface area contributed by atoms with Gasteiger partial charge in [-0.05, 0) is 59.0 Å². The monoisotopic (exact) mass is 508 g/mol. The van der Waals surface area contributed by atoms with Crippen LogP contribution in [0.25, 0.3) is 0 Å². The van der Waals surface area contributed by atoms with Crippen LogP contribution in [0.5, 0.6) is 0 Å². The first-order valence-corrected chi connectivity index (χ1v) is 11.6. The Balaban J connectivity index is 2.18. The van der Waals surface area contributed by atoms with E-state index in [1.807, 2.05) is 44.9 Å². The Morgan fingerprint density at radius 1 is 1.11 bits per heavy atom. The second kappa shape index (κ2) is 9.95. The molecule has 0 aromatic rings. The van der Waals surface area contributed by atoms with E-state index in [2.05, 4.69) is 6.58 Å². The first-order chi connectivity index (χ1) is 15.8. The summed E-state index contributed by atoms with van der Waals surface area (Å²) in [7, 11) is 0. The molecule has 35 heavy (non-hydrogen) atoms. The minimum atomic E-state index is -5.96. The molecule has 2 aliphatic rings. The maximum Gasteiger partial charge on any atom is 0.438 e. The number of rotatable bonds is 4. The molecule has 0 amide bonds. The van der Waals surface area contributed by atoms with Gasteiger partial charge in [0.1, 0.15) is 0 Å². The van der Waals surface area contributed by atoms with Gasteiger partial charge in [0.2, 0.25) is 0 Å². The molecule has 0 heterocycles. The van der Waals surface area contributed by atoms with Crippen LogP contribution in [0.2, 0.25) is 0 Å². The average Bonchev–Trinajstić information content (AvgIpc) is 2.93. The van der Waals surface area contributed by atoms with Crippen molar-refractivity contribution in [3.05, 3.63) is 36.0 Å². The molecule has 0 aliphatic heterocycles. The number of allylic oxidation sites excluding steroid dienone is 3. The number of halogens is 6. The zero-order valence-corrected chi connectivity index (χ0v) is 20.4. The summed E-state index contributed by atoms with van der Waals surface area (Å²) in [6.07, 6.45) is -5.82. The molecule has 2 fully saturated rings. The quantitative estimate of drug-likeness (QED) is 0.329. The van der Waals surface area contributed by atoms with Crippen molar-refractivity contribution in [2.75, 3.05) is 0 Å². The van der Waals surface area contributed by atoms with Crippen molar-refractivity contribution in [1.29, 1.82) is 0 Å². The molecule has 0 saturated heterocycles.